The van der Waals surface area contributed by atoms with Crippen molar-refractivity contribution in [2.45, 2.75) is 58.5 Å². The molecule has 0 aromatic heterocycles. The highest BCUT2D eigenvalue weighted by Crippen LogP contribution is 2.43. The molecular formula is C27H26F6O2. The topological polar surface area (TPSA) is 29.5 Å². The van der Waals surface area contributed by atoms with Crippen LogP contribution in [0.5, 0.6) is 11.5 Å². The summed E-state index contributed by atoms with van der Waals surface area (Å²) in [6.07, 6.45) is -0.112. The maximum Gasteiger partial charge on any atom is 0.432 e. The number of hydrogen-bond donors (Lipinski definition) is 1. The summed E-state index contributed by atoms with van der Waals surface area (Å²) in [6, 6.07) is 8.01. The molecule has 3 aromatic carbocycles. The number of aryl methyl sites for hydroxylation is 2. The lowest BCUT2D eigenvalue weighted by Gasteiger charge is -2.21. The number of aromatic hydroxyl groups is 1. The van der Waals surface area contributed by atoms with E-state index >= 15 is 4.39 Å². The molecule has 0 bridgehead atoms. The third-order valence-corrected chi connectivity index (χ3v) is 5.68. The van der Waals surface area contributed by atoms with Gasteiger partial charge in [0.1, 0.15) is 22.9 Å². The zero-order valence-corrected chi connectivity index (χ0v) is 19.4. The van der Waals surface area contributed by atoms with Gasteiger partial charge in [-0.2, -0.15) is 8.78 Å². The Labute approximate surface area is 200 Å². The van der Waals surface area contributed by atoms with Crippen LogP contribution in [0.2, 0.25) is 0 Å². The van der Waals surface area contributed by atoms with Gasteiger partial charge >= 0.3 is 6.11 Å². The van der Waals surface area contributed by atoms with Crippen LogP contribution in [0.3, 0.4) is 0 Å². The normalized spacial score (nSPS) is 11.7. The molecule has 2 nitrogen and oxygen atoms in total. The first kappa shape index (κ1) is 26.4. The summed E-state index contributed by atoms with van der Waals surface area (Å²) in [4.78, 5) is 0. The summed E-state index contributed by atoms with van der Waals surface area (Å²) in [5.74, 6) is -8.08. The first-order chi connectivity index (χ1) is 16.6. The van der Waals surface area contributed by atoms with Crippen LogP contribution in [0.1, 0.15) is 56.2 Å². The molecule has 0 spiro atoms. The zero-order chi connectivity index (χ0) is 25.8. The highest BCUT2D eigenvalue weighted by atomic mass is 19.3. The van der Waals surface area contributed by atoms with Gasteiger partial charge in [-0.3, -0.25) is 0 Å². The number of hydrogen-bond acceptors (Lipinski definition) is 2. The van der Waals surface area contributed by atoms with E-state index in [9.17, 15) is 27.1 Å². The van der Waals surface area contributed by atoms with Crippen LogP contribution in [0.15, 0.2) is 42.5 Å². The van der Waals surface area contributed by atoms with Gasteiger partial charge in [0.25, 0.3) is 0 Å². The van der Waals surface area contributed by atoms with E-state index in [0.29, 0.717) is 6.42 Å². The fourth-order valence-electron chi connectivity index (χ4n) is 3.88. The fraction of sp³-hybridized carbons (Fsp3) is 0.333. The molecule has 0 aliphatic heterocycles. The highest BCUT2D eigenvalue weighted by molar-refractivity contribution is 5.73. The molecular weight excluding hydrogens is 470 g/mol. The molecule has 0 fully saturated rings. The van der Waals surface area contributed by atoms with Gasteiger partial charge < -0.3 is 9.84 Å². The Balaban J connectivity index is 1.98. The number of phenolic OH excluding ortho intramolecular Hbond substituents is 1. The molecule has 0 amide bonds. The first-order valence-corrected chi connectivity index (χ1v) is 11.4. The first-order valence-electron chi connectivity index (χ1n) is 11.4. The summed E-state index contributed by atoms with van der Waals surface area (Å²) in [5.41, 5.74) is -2.83. The van der Waals surface area contributed by atoms with E-state index in [1.165, 1.54) is 12.1 Å². The standard InChI is InChI=1S/C27H26F6O2/c1-3-5-6-8-16-9-12-18(13-10-16)35-27(32,33)23-20(28)15-21(34)22(26(23)31)19-14-11-17(7-4-2)24(29)25(19)30/h9-15,34H,3-8H2,1-2H3. The molecule has 1 N–H and O–H groups in total. The Morgan fingerprint density at radius 2 is 1.49 bits per heavy atom. The van der Waals surface area contributed by atoms with Crippen molar-refractivity contribution in [2.75, 3.05) is 0 Å². The van der Waals surface area contributed by atoms with Crippen LogP contribution < -0.4 is 4.74 Å². The molecule has 0 aliphatic carbocycles. The molecule has 0 atom stereocenters. The second-order valence-electron chi connectivity index (χ2n) is 8.31. The SMILES string of the molecule is CCCCCc1ccc(OC(F)(F)c2c(F)cc(O)c(-c3ccc(CCC)c(F)c3F)c2F)cc1. The Bertz CT molecular complexity index is 1180. The maximum absolute atomic E-state index is 15.2. The van der Waals surface area contributed by atoms with E-state index in [1.54, 1.807) is 19.1 Å². The average Bonchev–Trinajstić information content (AvgIpc) is 2.79. The number of alkyl halides is 2. The lowest BCUT2D eigenvalue weighted by Crippen LogP contribution is -2.25. The van der Waals surface area contributed by atoms with Gasteiger partial charge in [0.2, 0.25) is 0 Å². The van der Waals surface area contributed by atoms with E-state index in [4.69, 9.17) is 0 Å². The third kappa shape index (κ3) is 5.74. The van der Waals surface area contributed by atoms with Crippen LogP contribution in [0.25, 0.3) is 11.1 Å². The maximum atomic E-state index is 15.2. The van der Waals surface area contributed by atoms with Gasteiger partial charge in [-0.1, -0.05) is 57.4 Å². The van der Waals surface area contributed by atoms with Crippen molar-refractivity contribution >= 4 is 0 Å². The lowest BCUT2D eigenvalue weighted by molar-refractivity contribution is -0.189. The third-order valence-electron chi connectivity index (χ3n) is 5.68. The van der Waals surface area contributed by atoms with Gasteiger partial charge in [0.15, 0.2) is 17.5 Å². The molecule has 8 heteroatoms. The van der Waals surface area contributed by atoms with E-state index < -0.39 is 51.8 Å². The Kier molecular flexibility index (Phi) is 8.35. The van der Waals surface area contributed by atoms with Crippen LogP contribution in [-0.4, -0.2) is 5.11 Å². The Hall–Kier alpha value is -3.16. The number of rotatable bonds is 10. The highest BCUT2D eigenvalue weighted by Gasteiger charge is 2.43. The number of unbranched alkanes of at least 4 members (excludes halogenated alkanes) is 2. The summed E-state index contributed by atoms with van der Waals surface area (Å²) in [7, 11) is 0. The average molecular weight is 496 g/mol. The molecule has 0 heterocycles. The van der Waals surface area contributed by atoms with Gasteiger partial charge in [0.05, 0.1) is 5.56 Å². The van der Waals surface area contributed by atoms with E-state index in [1.807, 2.05) is 0 Å². The van der Waals surface area contributed by atoms with Crippen molar-refractivity contribution in [2.24, 2.45) is 0 Å². The second kappa shape index (κ2) is 11.1. The molecule has 0 saturated heterocycles. The van der Waals surface area contributed by atoms with Crippen molar-refractivity contribution in [3.8, 4) is 22.6 Å². The van der Waals surface area contributed by atoms with Crippen LogP contribution in [-0.2, 0) is 19.0 Å². The van der Waals surface area contributed by atoms with Crippen molar-refractivity contribution in [1.29, 1.82) is 0 Å². The number of phenols is 1. The molecule has 3 aromatic rings. The predicted molar refractivity (Wildman–Crippen MR) is 122 cm³/mol. The molecule has 0 radical (unpaired) electrons. The van der Waals surface area contributed by atoms with E-state index in [0.717, 1.165) is 43.4 Å². The lowest BCUT2D eigenvalue weighted by atomic mass is 9.97. The quantitative estimate of drug-likeness (QED) is 0.225. The Morgan fingerprint density at radius 1 is 0.800 bits per heavy atom. The monoisotopic (exact) mass is 496 g/mol. The smallest absolute Gasteiger partial charge is 0.432 e. The molecule has 0 aliphatic rings. The second-order valence-corrected chi connectivity index (χ2v) is 8.31. The van der Waals surface area contributed by atoms with Crippen molar-refractivity contribution in [3.05, 3.63) is 82.4 Å². The Morgan fingerprint density at radius 3 is 2.11 bits per heavy atom. The molecule has 0 saturated carbocycles. The van der Waals surface area contributed by atoms with Crippen molar-refractivity contribution in [1.82, 2.24) is 0 Å². The van der Waals surface area contributed by atoms with Crippen molar-refractivity contribution < 1.29 is 36.2 Å². The minimum atomic E-state index is -4.52. The summed E-state index contributed by atoms with van der Waals surface area (Å²) >= 11 is 0. The van der Waals surface area contributed by atoms with Crippen molar-refractivity contribution in [3.63, 3.8) is 0 Å². The zero-order valence-electron chi connectivity index (χ0n) is 19.4. The molecule has 188 valence electrons. The van der Waals surface area contributed by atoms with Gasteiger partial charge in [0, 0.05) is 11.6 Å². The summed E-state index contributed by atoms with van der Waals surface area (Å²) in [6.45, 7) is 3.80. The summed E-state index contributed by atoms with van der Waals surface area (Å²) < 4.78 is 93.2. The van der Waals surface area contributed by atoms with Crippen LogP contribution in [0, 0.1) is 23.3 Å². The van der Waals surface area contributed by atoms with E-state index in [-0.39, 0.29) is 23.8 Å². The van der Waals surface area contributed by atoms with Crippen LogP contribution in [0.4, 0.5) is 26.3 Å². The molecule has 35 heavy (non-hydrogen) atoms. The van der Waals surface area contributed by atoms with E-state index in [2.05, 4.69) is 11.7 Å². The fourth-order valence-corrected chi connectivity index (χ4v) is 3.88. The van der Waals surface area contributed by atoms with Gasteiger partial charge in [-0.25, -0.2) is 17.6 Å². The van der Waals surface area contributed by atoms with Crippen LogP contribution >= 0.6 is 0 Å². The number of ether oxygens (including phenoxy) is 1. The van der Waals surface area contributed by atoms with Gasteiger partial charge in [-0.05, 0) is 42.5 Å². The number of halogens is 6. The summed E-state index contributed by atoms with van der Waals surface area (Å²) in [5, 5.41) is 10.1. The minimum absolute atomic E-state index is 0.00258. The molecule has 0 unspecified atom stereocenters. The minimum Gasteiger partial charge on any atom is -0.507 e. The molecule has 3 rings (SSSR count). The van der Waals surface area contributed by atoms with Gasteiger partial charge in [-0.15, -0.1) is 0 Å². The predicted octanol–water partition coefficient (Wildman–Crippen LogP) is 8.43. The number of benzene rings is 3. The largest absolute Gasteiger partial charge is 0.507 e.